The summed E-state index contributed by atoms with van der Waals surface area (Å²) in [5.74, 6) is 0. The van der Waals surface area contributed by atoms with E-state index in [1.807, 2.05) is 38.1 Å². The van der Waals surface area contributed by atoms with Crippen LogP contribution in [0.1, 0.15) is 42.0 Å². The highest BCUT2D eigenvalue weighted by Gasteiger charge is 2.23. The molecule has 7 heteroatoms. The van der Waals surface area contributed by atoms with Crippen molar-refractivity contribution in [3.05, 3.63) is 75.1 Å². The molecule has 0 fully saturated rings. The number of aromatic amines is 1. The number of anilines is 1. The largest absolute Gasteiger partial charge is 0.280 e. The van der Waals surface area contributed by atoms with Gasteiger partial charge in [-0.2, -0.15) is 5.10 Å². The first-order valence-corrected chi connectivity index (χ1v) is 11.7. The first kappa shape index (κ1) is 20.3. The zero-order valence-corrected chi connectivity index (χ0v) is 18.0. The van der Waals surface area contributed by atoms with Gasteiger partial charge in [0.1, 0.15) is 0 Å². The molecule has 0 saturated heterocycles. The van der Waals surface area contributed by atoms with Crippen molar-refractivity contribution in [1.29, 1.82) is 0 Å². The Hall–Kier alpha value is -2.93. The highest BCUT2D eigenvalue weighted by atomic mass is 32.2. The topological polar surface area (TPSA) is 91.9 Å². The number of aromatic nitrogens is 2. The molecule has 0 unspecified atom stereocenters. The molecular weight excluding hydrogens is 398 g/mol. The normalized spacial score (nSPS) is 13.7. The molecule has 0 amide bonds. The molecule has 0 saturated carbocycles. The minimum atomic E-state index is -3.78. The SMILES string of the molecule is CCc1ccc(-c2n[nH]c(=O)c3c2CCCC3)cc1S(=O)(=O)Nc1cccc(C)c1. The first-order chi connectivity index (χ1) is 14.4. The summed E-state index contributed by atoms with van der Waals surface area (Å²) in [6, 6.07) is 12.7. The van der Waals surface area contributed by atoms with Crippen molar-refractivity contribution in [1.82, 2.24) is 10.2 Å². The molecule has 3 aromatic rings. The summed E-state index contributed by atoms with van der Waals surface area (Å²) >= 11 is 0. The lowest BCUT2D eigenvalue weighted by Crippen LogP contribution is -2.21. The Labute approximate surface area is 176 Å². The Morgan fingerprint density at radius 1 is 1.07 bits per heavy atom. The zero-order chi connectivity index (χ0) is 21.3. The Kier molecular flexibility index (Phi) is 5.47. The number of fused-ring (bicyclic) bond motifs is 1. The minimum absolute atomic E-state index is 0.146. The monoisotopic (exact) mass is 423 g/mol. The van der Waals surface area contributed by atoms with Crippen molar-refractivity contribution < 1.29 is 8.42 Å². The number of aryl methyl sites for hydroxylation is 2. The van der Waals surface area contributed by atoms with Crippen LogP contribution in [0.25, 0.3) is 11.3 Å². The predicted octanol–water partition coefficient (Wildman–Crippen LogP) is 3.99. The van der Waals surface area contributed by atoms with Crippen molar-refractivity contribution in [3.8, 4) is 11.3 Å². The van der Waals surface area contributed by atoms with Crippen LogP contribution in [-0.4, -0.2) is 18.6 Å². The first-order valence-electron chi connectivity index (χ1n) is 10.2. The van der Waals surface area contributed by atoms with E-state index in [4.69, 9.17) is 0 Å². The van der Waals surface area contributed by atoms with Crippen LogP contribution < -0.4 is 10.3 Å². The van der Waals surface area contributed by atoms with Gasteiger partial charge in [-0.15, -0.1) is 0 Å². The van der Waals surface area contributed by atoms with Gasteiger partial charge in [0.2, 0.25) is 0 Å². The van der Waals surface area contributed by atoms with Gasteiger partial charge < -0.3 is 0 Å². The van der Waals surface area contributed by atoms with E-state index in [1.165, 1.54) is 0 Å². The fourth-order valence-electron chi connectivity index (χ4n) is 4.06. The van der Waals surface area contributed by atoms with Crippen molar-refractivity contribution in [3.63, 3.8) is 0 Å². The van der Waals surface area contributed by atoms with Crippen molar-refractivity contribution in [2.45, 2.75) is 50.8 Å². The Bertz CT molecular complexity index is 1260. The molecule has 0 radical (unpaired) electrons. The Balaban J connectivity index is 1.81. The summed E-state index contributed by atoms with van der Waals surface area (Å²) in [6.45, 7) is 3.85. The van der Waals surface area contributed by atoms with E-state index >= 15 is 0 Å². The summed E-state index contributed by atoms with van der Waals surface area (Å²) in [5.41, 5.74) is 5.16. The number of sulfonamides is 1. The van der Waals surface area contributed by atoms with Crippen molar-refractivity contribution >= 4 is 15.7 Å². The molecule has 0 atom stereocenters. The second-order valence-corrected chi connectivity index (χ2v) is 9.37. The minimum Gasteiger partial charge on any atom is -0.280 e. The molecule has 30 heavy (non-hydrogen) atoms. The van der Waals surface area contributed by atoms with Gasteiger partial charge >= 0.3 is 0 Å². The van der Waals surface area contributed by atoms with Gasteiger partial charge in [0.25, 0.3) is 15.6 Å². The summed E-state index contributed by atoms with van der Waals surface area (Å²) < 4.78 is 29.2. The Morgan fingerprint density at radius 2 is 1.83 bits per heavy atom. The fraction of sp³-hybridized carbons (Fsp3) is 0.304. The number of benzene rings is 2. The average Bonchev–Trinajstić information content (AvgIpc) is 2.73. The predicted molar refractivity (Wildman–Crippen MR) is 118 cm³/mol. The van der Waals surface area contributed by atoms with Gasteiger partial charge in [0.05, 0.1) is 10.6 Å². The molecule has 4 rings (SSSR count). The van der Waals surface area contributed by atoms with Crippen LogP contribution in [0.5, 0.6) is 0 Å². The summed E-state index contributed by atoms with van der Waals surface area (Å²) in [4.78, 5) is 12.4. The van der Waals surface area contributed by atoms with Gasteiger partial charge in [0.15, 0.2) is 0 Å². The number of hydrogen-bond acceptors (Lipinski definition) is 4. The van der Waals surface area contributed by atoms with Gasteiger partial charge in [-0.3, -0.25) is 9.52 Å². The fourth-order valence-corrected chi connectivity index (χ4v) is 5.45. The maximum absolute atomic E-state index is 13.2. The second-order valence-electron chi connectivity index (χ2n) is 7.72. The van der Waals surface area contributed by atoms with Crippen LogP contribution >= 0.6 is 0 Å². The standard InChI is InChI=1S/C23H25N3O3S/c1-3-16-11-12-17(22-19-9-4-5-10-20(19)23(27)25-24-22)14-21(16)30(28,29)26-18-8-6-7-15(2)13-18/h6-8,11-14,26H,3-5,9-10H2,1-2H3,(H,25,27). The molecular formula is C23H25N3O3S. The van der Waals surface area contributed by atoms with Gasteiger partial charge in [-0.05, 0) is 73.9 Å². The molecule has 1 heterocycles. The molecule has 1 aliphatic rings. The van der Waals surface area contributed by atoms with Gasteiger partial charge in [-0.1, -0.05) is 31.2 Å². The molecule has 156 valence electrons. The lowest BCUT2D eigenvalue weighted by molar-refractivity contribution is 0.600. The molecule has 1 aliphatic carbocycles. The highest BCUT2D eigenvalue weighted by molar-refractivity contribution is 7.92. The van der Waals surface area contributed by atoms with E-state index in [-0.39, 0.29) is 10.5 Å². The average molecular weight is 424 g/mol. The second kappa shape index (κ2) is 8.07. The number of rotatable bonds is 5. The molecule has 1 aromatic heterocycles. The third kappa shape index (κ3) is 3.89. The van der Waals surface area contributed by atoms with Crippen LogP contribution in [0, 0.1) is 6.92 Å². The third-order valence-corrected chi connectivity index (χ3v) is 7.04. The maximum atomic E-state index is 13.2. The van der Waals surface area contributed by atoms with E-state index in [9.17, 15) is 13.2 Å². The lowest BCUT2D eigenvalue weighted by Gasteiger charge is -2.18. The van der Waals surface area contributed by atoms with E-state index in [0.717, 1.165) is 47.9 Å². The quantitative estimate of drug-likeness (QED) is 0.649. The van der Waals surface area contributed by atoms with Crippen LogP contribution in [0.15, 0.2) is 52.2 Å². The number of nitrogens with zero attached hydrogens (tertiary/aromatic N) is 1. The van der Waals surface area contributed by atoms with E-state index < -0.39 is 10.0 Å². The number of hydrogen-bond donors (Lipinski definition) is 2. The van der Waals surface area contributed by atoms with E-state index in [2.05, 4.69) is 14.9 Å². The summed E-state index contributed by atoms with van der Waals surface area (Å²) in [7, 11) is -3.78. The van der Waals surface area contributed by atoms with Crippen LogP contribution in [0.3, 0.4) is 0 Å². The smallest absolute Gasteiger partial charge is 0.267 e. The van der Waals surface area contributed by atoms with Crippen molar-refractivity contribution in [2.24, 2.45) is 0 Å². The molecule has 2 aromatic carbocycles. The highest BCUT2D eigenvalue weighted by Crippen LogP contribution is 2.31. The molecule has 0 spiro atoms. The van der Waals surface area contributed by atoms with Gasteiger partial charge in [0, 0.05) is 16.8 Å². The summed E-state index contributed by atoms with van der Waals surface area (Å²) in [6.07, 6.45) is 4.07. The van der Waals surface area contributed by atoms with Crippen LogP contribution in [-0.2, 0) is 29.3 Å². The van der Waals surface area contributed by atoms with E-state index in [0.29, 0.717) is 23.4 Å². The number of H-pyrrole nitrogens is 1. The number of nitrogens with one attached hydrogen (secondary N) is 2. The molecule has 6 nitrogen and oxygen atoms in total. The molecule has 2 N–H and O–H groups in total. The maximum Gasteiger partial charge on any atom is 0.267 e. The van der Waals surface area contributed by atoms with Crippen molar-refractivity contribution in [2.75, 3.05) is 4.72 Å². The molecule has 0 bridgehead atoms. The third-order valence-electron chi connectivity index (χ3n) is 5.58. The van der Waals surface area contributed by atoms with Gasteiger partial charge in [-0.25, -0.2) is 13.5 Å². The molecule has 0 aliphatic heterocycles. The lowest BCUT2D eigenvalue weighted by atomic mass is 9.89. The summed E-state index contributed by atoms with van der Waals surface area (Å²) in [5, 5.41) is 6.87. The van der Waals surface area contributed by atoms with Crippen LogP contribution in [0.2, 0.25) is 0 Å². The van der Waals surface area contributed by atoms with E-state index in [1.54, 1.807) is 18.2 Å². The zero-order valence-electron chi connectivity index (χ0n) is 17.2. The van der Waals surface area contributed by atoms with Crippen LogP contribution in [0.4, 0.5) is 5.69 Å². The Morgan fingerprint density at radius 3 is 2.57 bits per heavy atom.